The number of carbonyl (C=O) groups is 1. The summed E-state index contributed by atoms with van der Waals surface area (Å²) in [6.07, 6.45) is 9.12. The van der Waals surface area contributed by atoms with E-state index in [1.807, 2.05) is 6.92 Å². The maximum Gasteiger partial charge on any atom is 0.141 e. The van der Waals surface area contributed by atoms with Crippen LogP contribution >= 0.6 is 11.8 Å². The quantitative estimate of drug-likeness (QED) is 0.792. The van der Waals surface area contributed by atoms with E-state index in [-0.39, 0.29) is 11.5 Å². The van der Waals surface area contributed by atoms with Crippen molar-refractivity contribution in [3.63, 3.8) is 0 Å². The number of rotatable bonds is 4. The highest BCUT2D eigenvalue weighted by atomic mass is 32.2. The molecule has 1 aliphatic heterocycles. The Morgan fingerprint density at radius 1 is 1.53 bits per heavy atom. The third-order valence-corrected chi connectivity index (χ3v) is 4.87. The van der Waals surface area contributed by atoms with Gasteiger partial charge in [0.1, 0.15) is 5.78 Å². The Bertz CT molecular complexity index is 399. The van der Waals surface area contributed by atoms with Crippen LogP contribution < -0.4 is 0 Å². The van der Waals surface area contributed by atoms with Gasteiger partial charge in [-0.3, -0.25) is 9.69 Å². The van der Waals surface area contributed by atoms with Crippen molar-refractivity contribution in [3.05, 3.63) is 23.1 Å². The Kier molecular flexibility index (Phi) is 4.87. The zero-order valence-corrected chi connectivity index (χ0v) is 12.8. The molecule has 1 fully saturated rings. The van der Waals surface area contributed by atoms with Crippen LogP contribution in [0.4, 0.5) is 0 Å². The maximum atomic E-state index is 12.3. The molecule has 2 unspecified atom stereocenters. The first-order valence-corrected chi connectivity index (χ1v) is 8.15. The van der Waals surface area contributed by atoms with Gasteiger partial charge in [-0.15, -0.1) is 11.8 Å². The second-order valence-corrected chi connectivity index (χ2v) is 6.11. The van der Waals surface area contributed by atoms with Crippen molar-refractivity contribution in [2.24, 2.45) is 5.92 Å². The normalized spacial score (nSPS) is 32.2. The molecule has 0 spiro atoms. The average molecular weight is 281 g/mol. The lowest BCUT2D eigenvalue weighted by molar-refractivity contribution is -0.125. The molecule has 106 valence electrons. The molecule has 1 saturated heterocycles. The minimum atomic E-state index is -0.204. The molecule has 3 nitrogen and oxygen atoms in total. The Labute approximate surface area is 120 Å². The van der Waals surface area contributed by atoms with Crippen molar-refractivity contribution in [2.45, 2.75) is 25.8 Å². The van der Waals surface area contributed by atoms with Crippen LogP contribution in [0, 0.1) is 5.92 Å². The second kappa shape index (κ2) is 6.25. The summed E-state index contributed by atoms with van der Waals surface area (Å²) >= 11 is 1.74. The summed E-state index contributed by atoms with van der Waals surface area (Å²) in [6.45, 7) is 7.45. The first-order valence-electron chi connectivity index (χ1n) is 6.92. The highest BCUT2D eigenvalue weighted by molar-refractivity contribution is 8.02. The van der Waals surface area contributed by atoms with E-state index < -0.39 is 0 Å². The Morgan fingerprint density at radius 3 is 2.79 bits per heavy atom. The first kappa shape index (κ1) is 14.8. The molecule has 1 heterocycles. The van der Waals surface area contributed by atoms with Crippen LogP contribution in [0.2, 0.25) is 0 Å². The van der Waals surface area contributed by atoms with Crippen LogP contribution in [0.25, 0.3) is 0 Å². The minimum absolute atomic E-state index is 0.0356. The van der Waals surface area contributed by atoms with E-state index in [0.29, 0.717) is 12.2 Å². The zero-order valence-electron chi connectivity index (χ0n) is 12.0. The summed E-state index contributed by atoms with van der Waals surface area (Å²) < 4.78 is 5.44. The number of carbonyl (C=O) groups excluding carboxylic acids is 1. The summed E-state index contributed by atoms with van der Waals surface area (Å²) in [4.78, 5) is 15.9. The van der Waals surface area contributed by atoms with E-state index in [2.05, 4.69) is 36.3 Å². The zero-order chi connectivity index (χ0) is 13.9. The number of nitrogens with zero attached hydrogens (tertiary/aromatic N) is 1. The standard InChI is InChI=1S/C15H23NO2S/c1-4-14(17)13-6-5-12(19-3)11-15(13,2)16-7-9-18-10-8-16/h5-6,11,13H,4,7-10H2,1-3H3. The Morgan fingerprint density at radius 2 is 2.21 bits per heavy atom. The molecular weight excluding hydrogens is 258 g/mol. The van der Waals surface area contributed by atoms with Crippen molar-refractivity contribution in [3.8, 4) is 0 Å². The number of ether oxygens (including phenoxy) is 1. The lowest BCUT2D eigenvalue weighted by atomic mass is 9.77. The van der Waals surface area contributed by atoms with Gasteiger partial charge >= 0.3 is 0 Å². The second-order valence-electron chi connectivity index (χ2n) is 5.23. The third kappa shape index (κ3) is 2.96. The molecule has 0 radical (unpaired) electrons. The number of ketones is 1. The van der Waals surface area contributed by atoms with Gasteiger partial charge in [-0.1, -0.05) is 19.1 Å². The van der Waals surface area contributed by atoms with E-state index in [0.717, 1.165) is 26.3 Å². The summed E-state index contributed by atoms with van der Waals surface area (Å²) in [5.74, 6) is 0.285. The number of allylic oxidation sites excluding steroid dienone is 1. The molecule has 0 aromatic heterocycles. The van der Waals surface area contributed by atoms with E-state index in [4.69, 9.17) is 4.74 Å². The van der Waals surface area contributed by atoms with Crippen LogP contribution in [-0.2, 0) is 9.53 Å². The predicted octanol–water partition coefficient (Wildman–Crippen LogP) is 2.49. The topological polar surface area (TPSA) is 29.5 Å². The van der Waals surface area contributed by atoms with Crippen molar-refractivity contribution in [1.82, 2.24) is 4.90 Å². The number of Topliss-reactive ketones (excluding diaryl/α,β-unsaturated/α-hetero) is 1. The molecule has 0 aromatic rings. The molecule has 0 aromatic carbocycles. The number of morpholine rings is 1. The van der Waals surface area contributed by atoms with Crippen molar-refractivity contribution in [2.75, 3.05) is 32.6 Å². The van der Waals surface area contributed by atoms with Gasteiger partial charge in [0.05, 0.1) is 24.7 Å². The Balaban J connectivity index is 2.30. The smallest absolute Gasteiger partial charge is 0.141 e. The van der Waals surface area contributed by atoms with Gasteiger partial charge in [0.2, 0.25) is 0 Å². The lowest BCUT2D eigenvalue weighted by Crippen LogP contribution is -2.56. The minimum Gasteiger partial charge on any atom is -0.379 e. The molecule has 4 heteroatoms. The molecule has 0 saturated carbocycles. The van der Waals surface area contributed by atoms with Crippen molar-refractivity contribution < 1.29 is 9.53 Å². The summed E-state index contributed by atoms with van der Waals surface area (Å²) in [6, 6.07) is 0. The Hall–Kier alpha value is -0.580. The molecule has 19 heavy (non-hydrogen) atoms. The monoisotopic (exact) mass is 281 g/mol. The molecule has 0 amide bonds. The molecule has 0 N–H and O–H groups in total. The average Bonchev–Trinajstić information content (AvgIpc) is 2.47. The van der Waals surface area contributed by atoms with Gasteiger partial charge in [-0.2, -0.15) is 0 Å². The maximum absolute atomic E-state index is 12.3. The SMILES string of the molecule is CCC(=O)C1C=CC(SC)=CC1(C)N1CCOCC1. The van der Waals surface area contributed by atoms with Crippen molar-refractivity contribution in [1.29, 1.82) is 0 Å². The van der Waals surface area contributed by atoms with Gasteiger partial charge < -0.3 is 4.74 Å². The molecule has 2 rings (SSSR count). The fraction of sp³-hybridized carbons (Fsp3) is 0.667. The lowest BCUT2D eigenvalue weighted by Gasteiger charge is -2.46. The predicted molar refractivity (Wildman–Crippen MR) is 80.3 cm³/mol. The van der Waals surface area contributed by atoms with Gasteiger partial charge in [0, 0.05) is 24.4 Å². The fourth-order valence-corrected chi connectivity index (χ4v) is 3.50. The van der Waals surface area contributed by atoms with Gasteiger partial charge in [0.25, 0.3) is 0 Å². The van der Waals surface area contributed by atoms with Crippen LogP contribution in [0.1, 0.15) is 20.3 Å². The molecule has 0 bridgehead atoms. The molecular formula is C15H23NO2S. The fourth-order valence-electron chi connectivity index (χ4n) is 2.93. The van der Waals surface area contributed by atoms with Crippen LogP contribution in [-0.4, -0.2) is 48.8 Å². The molecule has 1 aliphatic carbocycles. The summed E-state index contributed by atoms with van der Waals surface area (Å²) in [7, 11) is 0. The van der Waals surface area contributed by atoms with E-state index in [1.54, 1.807) is 11.8 Å². The van der Waals surface area contributed by atoms with Crippen molar-refractivity contribution >= 4 is 17.5 Å². The summed E-state index contributed by atoms with van der Waals surface area (Å²) in [5, 5.41) is 0. The number of hydrogen-bond acceptors (Lipinski definition) is 4. The van der Waals surface area contributed by atoms with Crippen LogP contribution in [0.5, 0.6) is 0 Å². The summed E-state index contributed by atoms with van der Waals surface area (Å²) in [5.41, 5.74) is -0.204. The van der Waals surface area contributed by atoms with Crippen LogP contribution in [0.15, 0.2) is 23.1 Å². The van der Waals surface area contributed by atoms with Crippen LogP contribution in [0.3, 0.4) is 0 Å². The van der Waals surface area contributed by atoms with Gasteiger partial charge in [-0.05, 0) is 19.3 Å². The molecule has 2 atom stereocenters. The number of hydrogen-bond donors (Lipinski definition) is 0. The molecule has 2 aliphatic rings. The van der Waals surface area contributed by atoms with Gasteiger partial charge in [-0.25, -0.2) is 0 Å². The number of thioether (sulfide) groups is 1. The highest BCUT2D eigenvalue weighted by Gasteiger charge is 2.42. The highest BCUT2D eigenvalue weighted by Crippen LogP contribution is 2.37. The largest absolute Gasteiger partial charge is 0.379 e. The first-order chi connectivity index (χ1) is 9.11. The van der Waals surface area contributed by atoms with Gasteiger partial charge in [0.15, 0.2) is 0 Å². The third-order valence-electron chi connectivity index (χ3n) is 4.14. The van der Waals surface area contributed by atoms with E-state index in [9.17, 15) is 4.79 Å². The van der Waals surface area contributed by atoms with E-state index >= 15 is 0 Å². The van der Waals surface area contributed by atoms with E-state index in [1.165, 1.54) is 4.91 Å².